The fourth-order valence-electron chi connectivity index (χ4n) is 3.47. The highest BCUT2D eigenvalue weighted by atomic mass is 19.1. The van der Waals surface area contributed by atoms with Crippen LogP contribution >= 0.6 is 0 Å². The number of carbonyl (C=O) groups is 1. The minimum absolute atomic E-state index is 0.0834. The van der Waals surface area contributed by atoms with Crippen LogP contribution in [0.4, 0.5) is 4.39 Å². The van der Waals surface area contributed by atoms with Crippen LogP contribution in [0.2, 0.25) is 0 Å². The third kappa shape index (κ3) is 4.67. The van der Waals surface area contributed by atoms with E-state index in [1.54, 1.807) is 19.2 Å². The molecule has 0 amide bonds. The summed E-state index contributed by atoms with van der Waals surface area (Å²) in [6.07, 6.45) is 0.546. The van der Waals surface area contributed by atoms with Gasteiger partial charge in [0, 0.05) is 17.4 Å². The molecule has 0 aliphatic carbocycles. The Morgan fingerprint density at radius 2 is 1.61 bits per heavy atom. The number of methoxy groups -OCH3 is 1. The highest BCUT2D eigenvalue weighted by Gasteiger charge is 2.13. The number of hydrogen-bond donors (Lipinski definition) is 1. The lowest BCUT2D eigenvalue weighted by molar-refractivity contribution is -0.136. The lowest BCUT2D eigenvalue weighted by Crippen LogP contribution is -1.97. The molecule has 4 aromatic rings. The molecule has 5 heteroatoms. The molecule has 0 aliphatic heterocycles. The van der Waals surface area contributed by atoms with Crippen molar-refractivity contribution in [2.45, 2.75) is 12.8 Å². The predicted octanol–water partition coefficient (Wildman–Crippen LogP) is 6.46. The van der Waals surface area contributed by atoms with Gasteiger partial charge in [-0.1, -0.05) is 30.3 Å². The van der Waals surface area contributed by atoms with Crippen LogP contribution in [0.3, 0.4) is 0 Å². The highest BCUT2D eigenvalue weighted by molar-refractivity contribution is 5.96. The summed E-state index contributed by atoms with van der Waals surface area (Å²) in [6.45, 7) is 0. The zero-order valence-corrected chi connectivity index (χ0v) is 17.0. The summed E-state index contributed by atoms with van der Waals surface area (Å²) >= 11 is 0. The molecule has 0 aliphatic rings. The Kier molecular flexibility index (Phi) is 5.85. The second-order valence-electron chi connectivity index (χ2n) is 7.18. The molecule has 0 radical (unpaired) electrons. The summed E-state index contributed by atoms with van der Waals surface area (Å²) in [7, 11) is 1.62. The van der Waals surface area contributed by atoms with Gasteiger partial charge in [0.15, 0.2) is 0 Å². The van der Waals surface area contributed by atoms with Gasteiger partial charge in [-0.3, -0.25) is 4.79 Å². The molecule has 1 N–H and O–H groups in total. The number of carboxylic acids is 1. The van der Waals surface area contributed by atoms with E-state index in [0.29, 0.717) is 17.9 Å². The third-order valence-corrected chi connectivity index (χ3v) is 5.10. The molecule has 4 nitrogen and oxygen atoms in total. The summed E-state index contributed by atoms with van der Waals surface area (Å²) in [6, 6.07) is 23.4. The number of aryl methyl sites for hydroxylation is 1. The second-order valence-corrected chi connectivity index (χ2v) is 7.18. The standard InChI is InChI=1S/C26H21FO4/c1-30-22-12-14-24-19(16-22)7-13-23(18-5-8-20(27)9-6-18)26(24)31-21-10-2-17(3-11-21)4-15-25(28)29/h2-3,5-14,16H,4,15H2,1H3,(H,28,29). The molecule has 4 aromatic carbocycles. The minimum atomic E-state index is -0.824. The smallest absolute Gasteiger partial charge is 0.303 e. The van der Waals surface area contributed by atoms with Gasteiger partial charge in [-0.15, -0.1) is 0 Å². The molecule has 31 heavy (non-hydrogen) atoms. The van der Waals surface area contributed by atoms with E-state index >= 15 is 0 Å². The van der Waals surface area contributed by atoms with E-state index in [1.165, 1.54) is 12.1 Å². The first-order valence-corrected chi connectivity index (χ1v) is 9.89. The van der Waals surface area contributed by atoms with Crippen molar-refractivity contribution in [3.8, 4) is 28.4 Å². The maximum absolute atomic E-state index is 13.5. The number of benzene rings is 4. The normalized spacial score (nSPS) is 10.8. The first kappa shape index (κ1) is 20.4. The van der Waals surface area contributed by atoms with Gasteiger partial charge in [0.05, 0.1) is 7.11 Å². The summed E-state index contributed by atoms with van der Waals surface area (Å²) in [4.78, 5) is 10.8. The van der Waals surface area contributed by atoms with Crippen LogP contribution in [-0.4, -0.2) is 18.2 Å². The van der Waals surface area contributed by atoms with Crippen molar-refractivity contribution in [1.82, 2.24) is 0 Å². The Bertz CT molecular complexity index is 1210. The van der Waals surface area contributed by atoms with E-state index in [-0.39, 0.29) is 12.2 Å². The lowest BCUT2D eigenvalue weighted by Gasteiger charge is -2.15. The number of hydrogen-bond acceptors (Lipinski definition) is 3. The van der Waals surface area contributed by atoms with Crippen molar-refractivity contribution >= 4 is 16.7 Å². The fraction of sp³-hybridized carbons (Fsp3) is 0.115. The van der Waals surface area contributed by atoms with Crippen LogP contribution < -0.4 is 9.47 Å². The van der Waals surface area contributed by atoms with Gasteiger partial charge >= 0.3 is 5.97 Å². The first-order chi connectivity index (χ1) is 15.0. The minimum Gasteiger partial charge on any atom is -0.497 e. The molecule has 0 heterocycles. The monoisotopic (exact) mass is 416 g/mol. The quantitative estimate of drug-likeness (QED) is 0.375. The van der Waals surface area contributed by atoms with Gasteiger partial charge < -0.3 is 14.6 Å². The number of aliphatic carboxylic acids is 1. The summed E-state index contributed by atoms with van der Waals surface area (Å²) in [5.74, 6) is 0.913. The van der Waals surface area contributed by atoms with Gasteiger partial charge in [0.25, 0.3) is 0 Å². The lowest BCUT2D eigenvalue weighted by atomic mass is 9.99. The van der Waals surface area contributed by atoms with E-state index in [2.05, 4.69) is 0 Å². The molecule has 0 spiro atoms. The van der Waals surface area contributed by atoms with Crippen LogP contribution in [0.15, 0.2) is 78.9 Å². The van der Waals surface area contributed by atoms with E-state index in [1.807, 2.05) is 54.6 Å². The van der Waals surface area contributed by atoms with E-state index in [9.17, 15) is 9.18 Å². The Morgan fingerprint density at radius 1 is 0.903 bits per heavy atom. The average Bonchev–Trinajstić information content (AvgIpc) is 2.79. The first-order valence-electron chi connectivity index (χ1n) is 9.89. The number of carboxylic acid groups (broad SMARTS) is 1. The van der Waals surface area contributed by atoms with Crippen molar-refractivity contribution in [2.24, 2.45) is 0 Å². The Morgan fingerprint density at radius 3 is 2.29 bits per heavy atom. The SMILES string of the molecule is COc1ccc2c(Oc3ccc(CCC(=O)O)cc3)c(-c3ccc(F)cc3)ccc2c1. The van der Waals surface area contributed by atoms with Crippen molar-refractivity contribution in [3.63, 3.8) is 0 Å². The van der Waals surface area contributed by atoms with Crippen LogP contribution in [0.5, 0.6) is 17.2 Å². The summed E-state index contributed by atoms with van der Waals surface area (Å²) < 4.78 is 25.1. The molecule has 4 rings (SSSR count). The third-order valence-electron chi connectivity index (χ3n) is 5.10. The molecule has 0 fully saturated rings. The molecule has 0 bridgehead atoms. The van der Waals surface area contributed by atoms with Gasteiger partial charge in [-0.25, -0.2) is 4.39 Å². The largest absolute Gasteiger partial charge is 0.497 e. The van der Waals surface area contributed by atoms with Gasteiger partial charge in [-0.2, -0.15) is 0 Å². The topological polar surface area (TPSA) is 55.8 Å². The number of fused-ring (bicyclic) bond motifs is 1. The number of rotatable bonds is 7. The van der Waals surface area contributed by atoms with Crippen molar-refractivity contribution < 1.29 is 23.8 Å². The molecule has 0 saturated heterocycles. The van der Waals surface area contributed by atoms with Crippen molar-refractivity contribution in [2.75, 3.05) is 7.11 Å². The second kappa shape index (κ2) is 8.88. The molecule has 0 aromatic heterocycles. The Labute approximate surface area is 179 Å². The number of halogens is 1. The molecule has 0 saturated carbocycles. The maximum Gasteiger partial charge on any atom is 0.303 e. The molecule has 156 valence electrons. The van der Waals surface area contributed by atoms with Crippen molar-refractivity contribution in [1.29, 1.82) is 0 Å². The van der Waals surface area contributed by atoms with Crippen LogP contribution in [0, 0.1) is 5.82 Å². The molecule has 0 atom stereocenters. The Hall–Kier alpha value is -3.86. The van der Waals surface area contributed by atoms with Crippen LogP contribution in [0.25, 0.3) is 21.9 Å². The molecular weight excluding hydrogens is 395 g/mol. The van der Waals surface area contributed by atoms with Gasteiger partial charge in [-0.05, 0) is 71.5 Å². The zero-order chi connectivity index (χ0) is 21.8. The molecule has 0 unspecified atom stereocenters. The highest BCUT2D eigenvalue weighted by Crippen LogP contribution is 2.40. The van der Waals surface area contributed by atoms with Crippen LogP contribution in [-0.2, 0) is 11.2 Å². The Balaban J connectivity index is 1.75. The molecular formula is C26H21FO4. The average molecular weight is 416 g/mol. The van der Waals surface area contributed by atoms with Gasteiger partial charge in [0.2, 0.25) is 0 Å². The summed E-state index contributed by atoms with van der Waals surface area (Å²) in [5, 5.41) is 10.7. The van der Waals surface area contributed by atoms with Gasteiger partial charge in [0.1, 0.15) is 23.1 Å². The van der Waals surface area contributed by atoms with E-state index < -0.39 is 5.97 Å². The predicted molar refractivity (Wildman–Crippen MR) is 118 cm³/mol. The fourth-order valence-corrected chi connectivity index (χ4v) is 3.47. The maximum atomic E-state index is 13.5. The zero-order valence-electron chi connectivity index (χ0n) is 17.0. The van der Waals surface area contributed by atoms with E-state index in [4.69, 9.17) is 14.6 Å². The van der Waals surface area contributed by atoms with E-state index in [0.717, 1.165) is 33.2 Å². The number of ether oxygens (including phenoxy) is 2. The van der Waals surface area contributed by atoms with Crippen LogP contribution in [0.1, 0.15) is 12.0 Å². The summed E-state index contributed by atoms with van der Waals surface area (Å²) in [5.41, 5.74) is 2.61. The van der Waals surface area contributed by atoms with Crippen molar-refractivity contribution in [3.05, 3.63) is 90.2 Å².